The van der Waals surface area contributed by atoms with E-state index in [2.05, 4.69) is 15.0 Å². The van der Waals surface area contributed by atoms with Crippen LogP contribution in [-0.2, 0) is 12.8 Å². The molecule has 0 unspecified atom stereocenters. The molecule has 1 aliphatic carbocycles. The molecule has 66 valence electrons. The Morgan fingerprint density at radius 3 is 2.92 bits per heavy atom. The van der Waals surface area contributed by atoms with Crippen LogP contribution in [0.15, 0.2) is 12.4 Å². The van der Waals surface area contributed by atoms with Crippen LogP contribution < -0.4 is 0 Å². The third-order valence-corrected chi connectivity index (χ3v) is 2.72. The summed E-state index contributed by atoms with van der Waals surface area (Å²) in [7, 11) is 0. The van der Waals surface area contributed by atoms with E-state index >= 15 is 0 Å². The van der Waals surface area contributed by atoms with Crippen LogP contribution in [0.1, 0.15) is 24.1 Å². The predicted octanol–water partition coefficient (Wildman–Crippen LogP) is 1.84. The minimum absolute atomic E-state index is 0.953. The van der Waals surface area contributed by atoms with Crippen LogP contribution in [0.5, 0.6) is 0 Å². The first kappa shape index (κ1) is 7.06. The van der Waals surface area contributed by atoms with Crippen LogP contribution in [0.25, 0.3) is 11.2 Å². The highest BCUT2D eigenvalue weighted by atomic mass is 14.9. The second-order valence-corrected chi connectivity index (χ2v) is 3.54. The average molecular weight is 173 g/mol. The predicted molar refractivity (Wildman–Crippen MR) is 50.5 cm³/mol. The average Bonchev–Trinajstić information content (AvgIpc) is 2.56. The van der Waals surface area contributed by atoms with Crippen LogP contribution in [0, 0.1) is 0 Å². The molecule has 2 aromatic heterocycles. The summed E-state index contributed by atoms with van der Waals surface area (Å²) in [6.45, 7) is 0. The maximum absolute atomic E-state index is 4.36. The van der Waals surface area contributed by atoms with Crippen LogP contribution >= 0.6 is 0 Å². The first-order valence-electron chi connectivity index (χ1n) is 4.75. The molecule has 0 aromatic carbocycles. The van der Waals surface area contributed by atoms with Gasteiger partial charge in [0, 0.05) is 23.7 Å². The third-order valence-electron chi connectivity index (χ3n) is 2.72. The Morgan fingerprint density at radius 1 is 1.08 bits per heavy atom. The fourth-order valence-corrected chi connectivity index (χ4v) is 2.10. The normalized spacial score (nSPS) is 16.0. The minimum atomic E-state index is 0.953. The van der Waals surface area contributed by atoms with E-state index in [0.717, 1.165) is 24.0 Å². The van der Waals surface area contributed by atoms with Crippen molar-refractivity contribution >= 4 is 11.2 Å². The molecule has 3 heteroatoms. The molecule has 2 heterocycles. The SMILES string of the molecule is c1cnc2c3c([nH]c2n1)CCCC3. The largest absolute Gasteiger partial charge is 0.342 e. The third kappa shape index (κ3) is 0.963. The summed E-state index contributed by atoms with van der Waals surface area (Å²) >= 11 is 0. The Hall–Kier alpha value is -1.38. The molecule has 1 aliphatic rings. The zero-order chi connectivity index (χ0) is 8.67. The van der Waals surface area contributed by atoms with Gasteiger partial charge in [0.15, 0.2) is 5.65 Å². The summed E-state index contributed by atoms with van der Waals surface area (Å²) in [6, 6.07) is 0. The van der Waals surface area contributed by atoms with Crippen molar-refractivity contribution in [2.24, 2.45) is 0 Å². The zero-order valence-corrected chi connectivity index (χ0v) is 7.38. The molecule has 2 aromatic rings. The van der Waals surface area contributed by atoms with E-state index in [4.69, 9.17) is 0 Å². The lowest BCUT2D eigenvalue weighted by atomic mass is 9.98. The van der Waals surface area contributed by atoms with Gasteiger partial charge in [0.1, 0.15) is 5.52 Å². The first-order valence-corrected chi connectivity index (χ1v) is 4.75. The van der Waals surface area contributed by atoms with Gasteiger partial charge in [-0.25, -0.2) is 4.98 Å². The highest BCUT2D eigenvalue weighted by Crippen LogP contribution is 2.25. The van der Waals surface area contributed by atoms with E-state index in [0.29, 0.717) is 0 Å². The highest BCUT2D eigenvalue weighted by Gasteiger charge is 2.15. The highest BCUT2D eigenvalue weighted by molar-refractivity contribution is 5.76. The molecule has 0 radical (unpaired) electrons. The van der Waals surface area contributed by atoms with Crippen LogP contribution in [0.2, 0.25) is 0 Å². The molecule has 0 bridgehead atoms. The Labute approximate surface area is 76.2 Å². The number of aromatic nitrogens is 3. The fraction of sp³-hybridized carbons (Fsp3) is 0.400. The number of H-pyrrole nitrogens is 1. The summed E-state index contributed by atoms with van der Waals surface area (Å²) in [5.41, 5.74) is 4.79. The van der Waals surface area contributed by atoms with Gasteiger partial charge < -0.3 is 4.98 Å². The van der Waals surface area contributed by atoms with Gasteiger partial charge in [0.2, 0.25) is 0 Å². The van der Waals surface area contributed by atoms with Crippen molar-refractivity contribution < 1.29 is 0 Å². The maximum Gasteiger partial charge on any atom is 0.156 e. The molecule has 0 saturated carbocycles. The fourth-order valence-electron chi connectivity index (χ4n) is 2.10. The number of aryl methyl sites for hydroxylation is 2. The van der Waals surface area contributed by atoms with Crippen molar-refractivity contribution in [2.75, 3.05) is 0 Å². The molecule has 3 rings (SSSR count). The molecule has 0 saturated heterocycles. The lowest BCUT2D eigenvalue weighted by molar-refractivity contribution is 0.679. The summed E-state index contributed by atoms with van der Waals surface area (Å²) in [5.74, 6) is 0. The molecule has 0 atom stereocenters. The lowest BCUT2D eigenvalue weighted by Crippen LogP contribution is -2.00. The topological polar surface area (TPSA) is 41.6 Å². The monoisotopic (exact) mass is 173 g/mol. The standard InChI is InChI=1S/C10H11N3/c1-2-4-8-7(3-1)9-10(13-8)12-6-5-11-9/h5-6H,1-4H2,(H,12,13). The molecule has 0 aliphatic heterocycles. The Bertz CT molecular complexity index is 444. The molecule has 0 spiro atoms. The first-order chi connectivity index (χ1) is 6.45. The summed E-state index contributed by atoms with van der Waals surface area (Å²) in [6.07, 6.45) is 8.41. The van der Waals surface area contributed by atoms with Gasteiger partial charge in [-0.2, -0.15) is 0 Å². The smallest absolute Gasteiger partial charge is 0.156 e. The lowest BCUT2D eigenvalue weighted by Gasteiger charge is -2.09. The Balaban J connectivity index is 2.34. The van der Waals surface area contributed by atoms with E-state index in [1.165, 1.54) is 24.1 Å². The number of aromatic amines is 1. The Kier molecular flexibility index (Phi) is 1.39. The van der Waals surface area contributed by atoms with E-state index in [-0.39, 0.29) is 0 Å². The van der Waals surface area contributed by atoms with Crippen molar-refractivity contribution in [1.29, 1.82) is 0 Å². The number of nitrogens with zero attached hydrogens (tertiary/aromatic N) is 2. The molecule has 1 N–H and O–H groups in total. The van der Waals surface area contributed by atoms with Gasteiger partial charge in [0.05, 0.1) is 0 Å². The second kappa shape index (κ2) is 2.55. The number of nitrogens with one attached hydrogen (secondary N) is 1. The van der Waals surface area contributed by atoms with E-state index in [1.807, 2.05) is 0 Å². The minimum Gasteiger partial charge on any atom is -0.342 e. The molecule has 3 nitrogen and oxygen atoms in total. The van der Waals surface area contributed by atoms with Crippen LogP contribution in [0.4, 0.5) is 0 Å². The second-order valence-electron chi connectivity index (χ2n) is 3.54. The molecular formula is C10H11N3. The van der Waals surface area contributed by atoms with Crippen molar-refractivity contribution in [3.63, 3.8) is 0 Å². The number of hydrogen-bond acceptors (Lipinski definition) is 2. The van der Waals surface area contributed by atoms with Crippen molar-refractivity contribution in [3.8, 4) is 0 Å². The molecule has 0 fully saturated rings. The van der Waals surface area contributed by atoms with Crippen LogP contribution in [0.3, 0.4) is 0 Å². The van der Waals surface area contributed by atoms with Crippen molar-refractivity contribution in [1.82, 2.24) is 15.0 Å². The quantitative estimate of drug-likeness (QED) is 0.660. The van der Waals surface area contributed by atoms with Gasteiger partial charge in [-0.1, -0.05) is 0 Å². The maximum atomic E-state index is 4.36. The van der Waals surface area contributed by atoms with Gasteiger partial charge in [-0.3, -0.25) is 4.98 Å². The van der Waals surface area contributed by atoms with Gasteiger partial charge in [-0.05, 0) is 25.7 Å². The molecule has 0 amide bonds. The van der Waals surface area contributed by atoms with E-state index in [9.17, 15) is 0 Å². The Morgan fingerprint density at radius 2 is 1.92 bits per heavy atom. The summed E-state index contributed by atoms with van der Waals surface area (Å²) in [5, 5.41) is 0. The summed E-state index contributed by atoms with van der Waals surface area (Å²) in [4.78, 5) is 12.0. The number of fused-ring (bicyclic) bond motifs is 3. The van der Waals surface area contributed by atoms with E-state index in [1.54, 1.807) is 12.4 Å². The van der Waals surface area contributed by atoms with Crippen molar-refractivity contribution in [2.45, 2.75) is 25.7 Å². The van der Waals surface area contributed by atoms with Gasteiger partial charge in [0.25, 0.3) is 0 Å². The number of rotatable bonds is 0. The zero-order valence-electron chi connectivity index (χ0n) is 7.38. The number of hydrogen-bond donors (Lipinski definition) is 1. The summed E-state index contributed by atoms with van der Waals surface area (Å²) < 4.78 is 0. The van der Waals surface area contributed by atoms with Gasteiger partial charge in [-0.15, -0.1) is 0 Å². The van der Waals surface area contributed by atoms with E-state index < -0.39 is 0 Å². The molecule has 13 heavy (non-hydrogen) atoms. The van der Waals surface area contributed by atoms with Crippen molar-refractivity contribution in [3.05, 3.63) is 23.7 Å². The van der Waals surface area contributed by atoms with Crippen LogP contribution in [-0.4, -0.2) is 15.0 Å². The van der Waals surface area contributed by atoms with Gasteiger partial charge >= 0.3 is 0 Å². The molecular weight excluding hydrogens is 162 g/mol.